The van der Waals surface area contributed by atoms with Crippen molar-refractivity contribution in [3.63, 3.8) is 0 Å². The van der Waals surface area contributed by atoms with Crippen LogP contribution in [0.3, 0.4) is 0 Å². The summed E-state index contributed by atoms with van der Waals surface area (Å²) >= 11 is 12.2. The summed E-state index contributed by atoms with van der Waals surface area (Å²) in [7, 11) is 0. The predicted octanol–water partition coefficient (Wildman–Crippen LogP) is 4.39. The predicted molar refractivity (Wildman–Crippen MR) is 89.1 cm³/mol. The third-order valence-corrected chi connectivity index (χ3v) is 4.43. The topological polar surface area (TPSA) is 46.2 Å². The summed E-state index contributed by atoms with van der Waals surface area (Å²) in [5.74, 6) is -0.267. The van der Waals surface area contributed by atoms with Crippen LogP contribution in [-0.2, 0) is 0 Å². The number of aryl methyl sites for hydroxylation is 2. The number of hydrogen-bond donors (Lipinski definition) is 2. The second-order valence-corrected chi connectivity index (χ2v) is 6.14. The van der Waals surface area contributed by atoms with Crippen molar-refractivity contribution in [1.82, 2.24) is 0 Å². The van der Waals surface area contributed by atoms with E-state index >= 15 is 0 Å². The van der Waals surface area contributed by atoms with Crippen molar-refractivity contribution in [3.05, 3.63) is 68.7 Å². The van der Waals surface area contributed by atoms with E-state index in [4.69, 9.17) is 28.9 Å². The van der Waals surface area contributed by atoms with Gasteiger partial charge in [0.2, 0.25) is 0 Å². The molecular weight excluding hydrogens is 305 g/mol. The minimum atomic E-state index is -0.701. The molecule has 4 heteroatoms. The van der Waals surface area contributed by atoms with Gasteiger partial charge in [0, 0.05) is 22.5 Å². The van der Waals surface area contributed by atoms with Gasteiger partial charge in [-0.3, -0.25) is 0 Å². The van der Waals surface area contributed by atoms with Crippen LogP contribution >= 0.6 is 23.2 Å². The molecule has 0 spiro atoms. The summed E-state index contributed by atoms with van der Waals surface area (Å²) in [6.45, 7) is 4.37. The minimum Gasteiger partial charge on any atom is -0.388 e. The monoisotopic (exact) mass is 323 g/mol. The third-order valence-electron chi connectivity index (χ3n) is 3.87. The first kappa shape index (κ1) is 16.3. The van der Waals surface area contributed by atoms with Crippen molar-refractivity contribution in [2.75, 3.05) is 6.54 Å². The molecule has 0 saturated carbocycles. The maximum Gasteiger partial charge on any atom is 0.0871 e. The number of benzene rings is 2. The number of nitrogens with two attached hydrogens (primary N) is 1. The Balaban J connectivity index is 2.37. The fraction of sp³-hybridized carbons (Fsp3) is 0.294. The Morgan fingerprint density at radius 2 is 1.76 bits per heavy atom. The summed E-state index contributed by atoms with van der Waals surface area (Å²) in [6.07, 6.45) is -0.701. The molecule has 2 aromatic carbocycles. The Labute approximate surface area is 135 Å². The van der Waals surface area contributed by atoms with E-state index in [-0.39, 0.29) is 5.92 Å². The van der Waals surface area contributed by atoms with Gasteiger partial charge in [-0.1, -0.05) is 47.5 Å². The third kappa shape index (κ3) is 3.58. The molecule has 0 fully saturated rings. The van der Waals surface area contributed by atoms with Gasteiger partial charge in [-0.05, 0) is 48.2 Å². The average Bonchev–Trinajstić information content (AvgIpc) is 2.44. The van der Waals surface area contributed by atoms with Gasteiger partial charge in [-0.2, -0.15) is 0 Å². The van der Waals surface area contributed by atoms with Gasteiger partial charge in [-0.25, -0.2) is 0 Å². The fourth-order valence-corrected chi connectivity index (χ4v) is 2.96. The lowest BCUT2D eigenvalue weighted by Crippen LogP contribution is -2.20. The van der Waals surface area contributed by atoms with E-state index in [9.17, 15) is 5.11 Å². The molecule has 2 rings (SSSR count). The van der Waals surface area contributed by atoms with Gasteiger partial charge in [0.05, 0.1) is 6.10 Å². The summed E-state index contributed by atoms with van der Waals surface area (Å²) < 4.78 is 0. The van der Waals surface area contributed by atoms with Gasteiger partial charge in [0.1, 0.15) is 0 Å². The largest absolute Gasteiger partial charge is 0.388 e. The fourth-order valence-electron chi connectivity index (χ4n) is 2.41. The number of aliphatic hydroxyl groups is 1. The van der Waals surface area contributed by atoms with E-state index in [2.05, 4.69) is 0 Å². The van der Waals surface area contributed by atoms with Gasteiger partial charge in [0.25, 0.3) is 0 Å². The van der Waals surface area contributed by atoms with E-state index in [0.717, 1.165) is 16.7 Å². The first-order valence-electron chi connectivity index (χ1n) is 6.84. The van der Waals surface area contributed by atoms with Crippen LogP contribution < -0.4 is 5.73 Å². The van der Waals surface area contributed by atoms with Crippen molar-refractivity contribution in [3.8, 4) is 0 Å². The quantitative estimate of drug-likeness (QED) is 0.876. The molecular formula is C17H19Cl2NO. The Hall–Kier alpha value is -1.06. The maximum absolute atomic E-state index is 10.7. The number of aliphatic hydroxyl groups excluding tert-OH is 1. The summed E-state index contributed by atoms with van der Waals surface area (Å²) in [6, 6.07) is 11.2. The van der Waals surface area contributed by atoms with E-state index in [1.54, 1.807) is 12.1 Å². The molecule has 0 aliphatic carbocycles. The van der Waals surface area contributed by atoms with Crippen molar-refractivity contribution in [1.29, 1.82) is 0 Å². The molecule has 21 heavy (non-hydrogen) atoms. The highest BCUT2D eigenvalue weighted by Gasteiger charge is 2.24. The van der Waals surface area contributed by atoms with Gasteiger partial charge >= 0.3 is 0 Å². The molecule has 112 valence electrons. The van der Waals surface area contributed by atoms with Gasteiger partial charge < -0.3 is 10.8 Å². The summed E-state index contributed by atoms with van der Waals surface area (Å²) in [5, 5.41) is 11.8. The van der Waals surface area contributed by atoms with E-state index in [1.165, 1.54) is 5.56 Å². The molecule has 0 aromatic heterocycles. The lowest BCUT2D eigenvalue weighted by atomic mass is 9.88. The zero-order valence-electron chi connectivity index (χ0n) is 12.1. The molecule has 2 atom stereocenters. The minimum absolute atomic E-state index is 0.267. The van der Waals surface area contributed by atoms with Crippen LogP contribution in [-0.4, -0.2) is 11.7 Å². The van der Waals surface area contributed by atoms with E-state index in [0.29, 0.717) is 16.6 Å². The van der Waals surface area contributed by atoms with Crippen molar-refractivity contribution >= 4 is 23.2 Å². The number of halogens is 2. The van der Waals surface area contributed by atoms with Gasteiger partial charge in [0.15, 0.2) is 0 Å². The highest BCUT2D eigenvalue weighted by atomic mass is 35.5. The second-order valence-electron chi connectivity index (χ2n) is 5.30. The van der Waals surface area contributed by atoms with E-state index in [1.807, 2.05) is 38.1 Å². The number of hydrogen-bond acceptors (Lipinski definition) is 2. The smallest absolute Gasteiger partial charge is 0.0871 e. The van der Waals surface area contributed by atoms with Crippen molar-refractivity contribution < 1.29 is 5.11 Å². The van der Waals surface area contributed by atoms with Crippen LogP contribution in [0.5, 0.6) is 0 Å². The molecule has 0 amide bonds. The van der Waals surface area contributed by atoms with Gasteiger partial charge in [-0.15, -0.1) is 0 Å². The molecule has 2 nitrogen and oxygen atoms in total. The molecule has 0 aliphatic heterocycles. The van der Waals surface area contributed by atoms with Crippen LogP contribution in [0.2, 0.25) is 10.0 Å². The summed E-state index contributed by atoms with van der Waals surface area (Å²) in [5.41, 5.74) is 9.86. The molecule has 2 aromatic rings. The normalized spacial score (nSPS) is 14.0. The zero-order valence-corrected chi connectivity index (χ0v) is 13.6. The second kappa shape index (κ2) is 6.80. The molecule has 0 aliphatic rings. The Bertz CT molecular complexity index is 643. The van der Waals surface area contributed by atoms with Crippen LogP contribution in [0, 0.1) is 13.8 Å². The summed E-state index contributed by atoms with van der Waals surface area (Å²) in [4.78, 5) is 0. The lowest BCUT2D eigenvalue weighted by Gasteiger charge is -2.24. The first-order valence-corrected chi connectivity index (χ1v) is 7.60. The van der Waals surface area contributed by atoms with Crippen molar-refractivity contribution in [2.24, 2.45) is 5.73 Å². The Morgan fingerprint density at radius 3 is 2.33 bits per heavy atom. The zero-order chi connectivity index (χ0) is 15.6. The van der Waals surface area contributed by atoms with Crippen LogP contribution in [0.1, 0.15) is 34.3 Å². The lowest BCUT2D eigenvalue weighted by molar-refractivity contribution is 0.147. The molecule has 0 bridgehead atoms. The van der Waals surface area contributed by atoms with E-state index < -0.39 is 6.10 Å². The molecule has 0 heterocycles. The van der Waals surface area contributed by atoms with Crippen LogP contribution in [0.4, 0.5) is 0 Å². The maximum atomic E-state index is 10.7. The number of rotatable bonds is 4. The molecule has 0 radical (unpaired) electrons. The Kier molecular flexibility index (Phi) is 5.28. The highest BCUT2D eigenvalue weighted by molar-refractivity contribution is 6.35. The molecule has 0 saturated heterocycles. The first-order chi connectivity index (χ1) is 9.93. The SMILES string of the molecule is Cc1ccc(C(O)C(CN)c2ccc(Cl)cc2Cl)cc1C. The van der Waals surface area contributed by atoms with Crippen molar-refractivity contribution in [2.45, 2.75) is 25.9 Å². The molecule has 2 unspecified atom stereocenters. The Morgan fingerprint density at radius 1 is 1.05 bits per heavy atom. The molecule has 3 N–H and O–H groups in total. The highest BCUT2D eigenvalue weighted by Crippen LogP contribution is 2.35. The standard InChI is InChI=1S/C17H19Cl2NO/c1-10-3-4-12(7-11(10)2)17(21)15(9-20)14-6-5-13(18)8-16(14)19/h3-8,15,17,21H,9,20H2,1-2H3. The van der Waals surface area contributed by atoms with Crippen LogP contribution in [0.15, 0.2) is 36.4 Å². The van der Waals surface area contributed by atoms with Crippen LogP contribution in [0.25, 0.3) is 0 Å². The average molecular weight is 324 g/mol.